The van der Waals surface area contributed by atoms with Gasteiger partial charge in [0.25, 0.3) is 11.8 Å². The van der Waals surface area contributed by atoms with Crippen molar-refractivity contribution >= 4 is 23.5 Å². The lowest BCUT2D eigenvalue weighted by Crippen LogP contribution is -2.50. The Hall–Kier alpha value is -3.94. The fourth-order valence-electron chi connectivity index (χ4n) is 3.34. The number of amides is 2. The molecule has 1 fully saturated rings. The van der Waals surface area contributed by atoms with Crippen LogP contribution < -0.4 is 15.0 Å². The zero-order chi connectivity index (χ0) is 21.5. The molecule has 1 aliphatic rings. The number of ether oxygens (including phenoxy) is 1. The van der Waals surface area contributed by atoms with E-state index in [9.17, 15) is 9.59 Å². The minimum atomic E-state index is -0.286. The molecule has 1 aromatic heterocycles. The Morgan fingerprint density at radius 2 is 1.55 bits per heavy atom. The number of nitrogens with zero attached hydrogens (tertiary/aromatic N) is 4. The first-order valence-electron chi connectivity index (χ1n) is 10.1. The van der Waals surface area contributed by atoms with Gasteiger partial charge in [-0.05, 0) is 30.3 Å². The van der Waals surface area contributed by atoms with Crippen molar-refractivity contribution in [3.63, 3.8) is 0 Å². The largest absolute Gasteiger partial charge is 0.483 e. The number of carbonyl (C=O) groups is 2. The Kier molecular flexibility index (Phi) is 6.37. The first-order valence-corrected chi connectivity index (χ1v) is 10.1. The third-order valence-electron chi connectivity index (χ3n) is 4.98. The van der Waals surface area contributed by atoms with Crippen LogP contribution in [0.3, 0.4) is 0 Å². The maximum absolute atomic E-state index is 12.6. The number of carbonyl (C=O) groups excluding carboxylic acids is 2. The van der Waals surface area contributed by atoms with Gasteiger partial charge in [-0.3, -0.25) is 9.59 Å². The van der Waals surface area contributed by atoms with Crippen LogP contribution in [-0.4, -0.2) is 59.5 Å². The van der Waals surface area contributed by atoms with Gasteiger partial charge in [0, 0.05) is 44.3 Å². The number of hydrogen-bond acceptors (Lipinski definition) is 6. The summed E-state index contributed by atoms with van der Waals surface area (Å²) in [6, 6.07) is 17.9. The van der Waals surface area contributed by atoms with Gasteiger partial charge in [0.2, 0.25) is 5.95 Å². The molecule has 1 saturated heterocycles. The van der Waals surface area contributed by atoms with E-state index in [4.69, 9.17) is 4.74 Å². The number of rotatable bonds is 6. The Bertz CT molecular complexity index is 1020. The van der Waals surface area contributed by atoms with Crippen molar-refractivity contribution < 1.29 is 14.3 Å². The smallest absolute Gasteiger partial charge is 0.260 e. The number of piperazine rings is 1. The van der Waals surface area contributed by atoms with Crippen LogP contribution in [0.2, 0.25) is 0 Å². The molecular formula is C23H23N5O3. The van der Waals surface area contributed by atoms with Crippen molar-refractivity contribution in [1.82, 2.24) is 14.9 Å². The molecule has 3 aromatic rings. The number of hydrogen-bond donors (Lipinski definition) is 1. The predicted molar refractivity (Wildman–Crippen MR) is 117 cm³/mol. The fourth-order valence-corrected chi connectivity index (χ4v) is 3.34. The lowest BCUT2D eigenvalue weighted by molar-refractivity contribution is -0.133. The molecule has 1 aliphatic heterocycles. The number of benzene rings is 2. The summed E-state index contributed by atoms with van der Waals surface area (Å²) in [7, 11) is 0. The van der Waals surface area contributed by atoms with Crippen molar-refractivity contribution in [3.8, 4) is 5.75 Å². The molecule has 0 atom stereocenters. The minimum Gasteiger partial charge on any atom is -0.483 e. The molecule has 2 heterocycles. The molecule has 2 amide bonds. The van der Waals surface area contributed by atoms with Crippen molar-refractivity contribution in [1.29, 1.82) is 0 Å². The highest BCUT2D eigenvalue weighted by atomic mass is 16.5. The number of aromatic nitrogens is 2. The van der Waals surface area contributed by atoms with Gasteiger partial charge in [-0.2, -0.15) is 0 Å². The predicted octanol–water partition coefficient (Wildman–Crippen LogP) is 2.46. The minimum absolute atomic E-state index is 0.119. The van der Waals surface area contributed by atoms with Crippen LogP contribution in [0.15, 0.2) is 73.1 Å². The maximum atomic E-state index is 12.6. The van der Waals surface area contributed by atoms with Crippen LogP contribution in [0.5, 0.6) is 5.75 Å². The molecule has 158 valence electrons. The molecule has 0 aliphatic carbocycles. The van der Waals surface area contributed by atoms with E-state index in [0.29, 0.717) is 49.1 Å². The molecule has 0 radical (unpaired) electrons. The lowest BCUT2D eigenvalue weighted by atomic mass is 10.2. The molecule has 0 spiro atoms. The molecule has 0 saturated carbocycles. The molecular weight excluding hydrogens is 394 g/mol. The van der Waals surface area contributed by atoms with Crippen molar-refractivity contribution in [2.24, 2.45) is 0 Å². The second-order valence-corrected chi connectivity index (χ2v) is 7.02. The zero-order valence-electron chi connectivity index (χ0n) is 17.0. The van der Waals surface area contributed by atoms with Gasteiger partial charge in [0.1, 0.15) is 5.75 Å². The third kappa shape index (κ3) is 5.16. The fraction of sp³-hybridized carbons (Fsp3) is 0.217. The molecule has 4 rings (SSSR count). The quantitative estimate of drug-likeness (QED) is 0.663. The SMILES string of the molecule is O=C(Nc1ccccc1)c1ccccc1OCC(=O)N1CCN(c2ncccn2)CC1. The van der Waals surface area contributed by atoms with E-state index in [0.717, 1.165) is 0 Å². The summed E-state index contributed by atoms with van der Waals surface area (Å²) < 4.78 is 5.73. The van der Waals surface area contributed by atoms with Crippen molar-refractivity contribution in [2.45, 2.75) is 0 Å². The van der Waals surface area contributed by atoms with E-state index >= 15 is 0 Å². The molecule has 0 unspecified atom stereocenters. The van der Waals surface area contributed by atoms with Crippen LogP contribution in [0.1, 0.15) is 10.4 Å². The van der Waals surface area contributed by atoms with Gasteiger partial charge >= 0.3 is 0 Å². The monoisotopic (exact) mass is 417 g/mol. The van der Waals surface area contributed by atoms with E-state index in [1.54, 1.807) is 47.6 Å². The van der Waals surface area contributed by atoms with Gasteiger partial charge in [-0.25, -0.2) is 9.97 Å². The average Bonchev–Trinajstić information content (AvgIpc) is 2.84. The van der Waals surface area contributed by atoms with Gasteiger partial charge in [0.05, 0.1) is 5.56 Å². The normalized spacial score (nSPS) is 13.5. The second kappa shape index (κ2) is 9.71. The van der Waals surface area contributed by atoms with Crippen LogP contribution >= 0.6 is 0 Å². The van der Waals surface area contributed by atoms with Crippen LogP contribution in [-0.2, 0) is 4.79 Å². The summed E-state index contributed by atoms with van der Waals surface area (Å²) in [5.74, 6) is 0.641. The van der Waals surface area contributed by atoms with Crippen molar-refractivity contribution in [3.05, 3.63) is 78.6 Å². The van der Waals surface area contributed by atoms with Gasteiger partial charge < -0.3 is 19.9 Å². The Morgan fingerprint density at radius 1 is 0.871 bits per heavy atom. The van der Waals surface area contributed by atoms with E-state index in [-0.39, 0.29) is 18.4 Å². The average molecular weight is 417 g/mol. The Balaban J connectivity index is 1.32. The summed E-state index contributed by atoms with van der Waals surface area (Å²) in [5, 5.41) is 2.84. The topological polar surface area (TPSA) is 87.7 Å². The molecule has 8 heteroatoms. The number of nitrogens with one attached hydrogen (secondary N) is 1. The summed E-state index contributed by atoms with van der Waals surface area (Å²) in [6.45, 7) is 2.32. The highest BCUT2D eigenvalue weighted by Gasteiger charge is 2.23. The number of anilines is 2. The molecule has 1 N–H and O–H groups in total. The first-order chi connectivity index (χ1) is 15.2. The van der Waals surface area contributed by atoms with Gasteiger partial charge in [0.15, 0.2) is 6.61 Å². The van der Waals surface area contributed by atoms with E-state index in [1.165, 1.54) is 0 Å². The molecule has 31 heavy (non-hydrogen) atoms. The van der Waals surface area contributed by atoms with E-state index in [2.05, 4.69) is 15.3 Å². The second-order valence-electron chi connectivity index (χ2n) is 7.02. The van der Waals surface area contributed by atoms with E-state index < -0.39 is 0 Å². The number of para-hydroxylation sites is 2. The molecule has 2 aromatic carbocycles. The Labute approximate surface area is 180 Å². The van der Waals surface area contributed by atoms with E-state index in [1.807, 2.05) is 35.2 Å². The van der Waals surface area contributed by atoms with Crippen LogP contribution in [0.25, 0.3) is 0 Å². The highest BCUT2D eigenvalue weighted by Crippen LogP contribution is 2.20. The summed E-state index contributed by atoms with van der Waals surface area (Å²) in [6.07, 6.45) is 3.41. The Morgan fingerprint density at radius 3 is 2.29 bits per heavy atom. The third-order valence-corrected chi connectivity index (χ3v) is 4.98. The maximum Gasteiger partial charge on any atom is 0.260 e. The summed E-state index contributed by atoms with van der Waals surface area (Å²) in [5.41, 5.74) is 1.07. The van der Waals surface area contributed by atoms with Crippen LogP contribution in [0, 0.1) is 0 Å². The van der Waals surface area contributed by atoms with Crippen molar-refractivity contribution in [2.75, 3.05) is 43.0 Å². The first kappa shape index (κ1) is 20.3. The van der Waals surface area contributed by atoms with Crippen LogP contribution in [0.4, 0.5) is 11.6 Å². The van der Waals surface area contributed by atoms with Gasteiger partial charge in [-0.15, -0.1) is 0 Å². The molecule has 8 nitrogen and oxygen atoms in total. The zero-order valence-corrected chi connectivity index (χ0v) is 17.0. The summed E-state index contributed by atoms with van der Waals surface area (Å²) >= 11 is 0. The highest BCUT2D eigenvalue weighted by molar-refractivity contribution is 6.06. The standard InChI is InChI=1S/C23H23N5O3/c29-21(27-13-15-28(16-14-27)23-24-11-6-12-25-23)17-31-20-10-5-4-9-19(20)22(30)26-18-7-2-1-3-8-18/h1-12H,13-17H2,(H,26,30). The summed E-state index contributed by atoms with van der Waals surface area (Å²) in [4.78, 5) is 37.6. The van der Waals surface area contributed by atoms with Gasteiger partial charge in [-0.1, -0.05) is 30.3 Å². The molecule has 0 bridgehead atoms. The lowest BCUT2D eigenvalue weighted by Gasteiger charge is -2.34.